The van der Waals surface area contributed by atoms with Crippen molar-refractivity contribution in [1.82, 2.24) is 9.97 Å². The molecule has 0 amide bonds. The van der Waals surface area contributed by atoms with Gasteiger partial charge in [0.2, 0.25) is 5.71 Å². The minimum atomic E-state index is 0.638. The number of hydrogen-bond acceptors (Lipinski definition) is 3. The molecule has 3 heterocycles. The van der Waals surface area contributed by atoms with Gasteiger partial charge < -0.3 is 4.42 Å². The molecule has 28 heavy (non-hydrogen) atoms. The van der Waals surface area contributed by atoms with Crippen LogP contribution in [0.2, 0.25) is 0 Å². The highest BCUT2D eigenvalue weighted by Crippen LogP contribution is 2.35. The molecule has 0 aliphatic rings. The SMILES string of the molecule is Cc1ccc2c(n1)oc1c(-c3cc4cc(CC(C)C)ccc4cn3)cccc12. The van der Waals surface area contributed by atoms with Crippen LogP contribution in [0, 0.1) is 12.8 Å². The van der Waals surface area contributed by atoms with Gasteiger partial charge in [-0.15, -0.1) is 0 Å². The van der Waals surface area contributed by atoms with E-state index in [2.05, 4.69) is 67.4 Å². The van der Waals surface area contributed by atoms with Crippen LogP contribution in [0.1, 0.15) is 25.1 Å². The van der Waals surface area contributed by atoms with Crippen molar-refractivity contribution in [2.24, 2.45) is 5.92 Å². The van der Waals surface area contributed by atoms with Crippen LogP contribution < -0.4 is 0 Å². The molecule has 3 aromatic heterocycles. The number of benzene rings is 2. The Labute approximate surface area is 164 Å². The summed E-state index contributed by atoms with van der Waals surface area (Å²) in [4.78, 5) is 9.27. The minimum Gasteiger partial charge on any atom is -0.437 e. The third-order valence-electron chi connectivity index (χ3n) is 5.21. The maximum atomic E-state index is 6.16. The van der Waals surface area contributed by atoms with Crippen molar-refractivity contribution in [3.8, 4) is 11.3 Å². The zero-order valence-electron chi connectivity index (χ0n) is 16.4. The monoisotopic (exact) mass is 366 g/mol. The summed E-state index contributed by atoms with van der Waals surface area (Å²) in [6.07, 6.45) is 3.03. The molecule has 2 aromatic carbocycles. The maximum absolute atomic E-state index is 6.16. The Morgan fingerprint density at radius 3 is 2.68 bits per heavy atom. The van der Waals surface area contributed by atoms with Crippen LogP contribution in [0.25, 0.3) is 44.1 Å². The molecule has 0 N–H and O–H groups in total. The predicted octanol–water partition coefficient (Wildman–Crippen LogP) is 6.70. The molecule has 0 atom stereocenters. The van der Waals surface area contributed by atoms with Crippen LogP contribution in [0.5, 0.6) is 0 Å². The highest BCUT2D eigenvalue weighted by atomic mass is 16.3. The highest BCUT2D eigenvalue weighted by molar-refractivity contribution is 6.08. The quantitative estimate of drug-likeness (QED) is 0.356. The van der Waals surface area contributed by atoms with Crippen molar-refractivity contribution in [3.63, 3.8) is 0 Å². The molecule has 0 fully saturated rings. The van der Waals surface area contributed by atoms with Gasteiger partial charge in [-0.05, 0) is 54.5 Å². The zero-order valence-corrected chi connectivity index (χ0v) is 16.4. The molecule has 0 aliphatic heterocycles. The van der Waals surface area contributed by atoms with Gasteiger partial charge in [0, 0.05) is 33.6 Å². The summed E-state index contributed by atoms with van der Waals surface area (Å²) in [5.74, 6) is 0.638. The van der Waals surface area contributed by atoms with Crippen molar-refractivity contribution in [1.29, 1.82) is 0 Å². The van der Waals surface area contributed by atoms with Crippen molar-refractivity contribution in [3.05, 3.63) is 72.1 Å². The molecule has 3 nitrogen and oxygen atoms in total. The molecule has 0 radical (unpaired) electrons. The number of hydrogen-bond donors (Lipinski definition) is 0. The molecule has 0 aliphatic carbocycles. The molecule has 3 heteroatoms. The highest BCUT2D eigenvalue weighted by Gasteiger charge is 2.14. The van der Waals surface area contributed by atoms with Crippen LogP contribution >= 0.6 is 0 Å². The topological polar surface area (TPSA) is 38.9 Å². The summed E-state index contributed by atoms with van der Waals surface area (Å²) in [7, 11) is 0. The standard InChI is InChI=1S/C25H22N2O/c1-15(2)11-17-8-9-18-14-26-23(13-19(18)12-17)22-6-4-5-20-21-10-7-16(3)27-25(21)28-24(20)22/h4-10,12-15H,11H2,1-3H3. The second-order valence-corrected chi connectivity index (χ2v) is 7.94. The van der Waals surface area contributed by atoms with Crippen molar-refractivity contribution in [2.75, 3.05) is 0 Å². The third kappa shape index (κ3) is 2.84. The first kappa shape index (κ1) is 16.9. The predicted molar refractivity (Wildman–Crippen MR) is 116 cm³/mol. The van der Waals surface area contributed by atoms with E-state index in [0.717, 1.165) is 45.1 Å². The minimum absolute atomic E-state index is 0.638. The van der Waals surface area contributed by atoms with E-state index in [1.165, 1.54) is 10.9 Å². The number of pyridine rings is 2. The Morgan fingerprint density at radius 1 is 0.929 bits per heavy atom. The van der Waals surface area contributed by atoms with Gasteiger partial charge in [0.05, 0.1) is 5.69 Å². The maximum Gasteiger partial charge on any atom is 0.227 e. The number of fused-ring (bicyclic) bond motifs is 4. The lowest BCUT2D eigenvalue weighted by molar-refractivity contribution is 0.648. The van der Waals surface area contributed by atoms with Crippen LogP contribution in [0.4, 0.5) is 0 Å². The van der Waals surface area contributed by atoms with Crippen LogP contribution in [-0.2, 0) is 6.42 Å². The second kappa shape index (κ2) is 6.45. The molecular formula is C25H22N2O. The first-order valence-corrected chi connectivity index (χ1v) is 9.76. The Morgan fingerprint density at radius 2 is 1.82 bits per heavy atom. The normalized spacial score (nSPS) is 11.9. The third-order valence-corrected chi connectivity index (χ3v) is 5.21. The number of aromatic nitrogens is 2. The molecule has 0 bridgehead atoms. The molecular weight excluding hydrogens is 344 g/mol. The lowest BCUT2D eigenvalue weighted by Crippen LogP contribution is -1.94. The van der Waals surface area contributed by atoms with Crippen molar-refractivity contribution < 1.29 is 4.42 Å². The molecule has 0 saturated heterocycles. The van der Waals surface area contributed by atoms with Gasteiger partial charge >= 0.3 is 0 Å². The summed E-state index contributed by atoms with van der Waals surface area (Å²) in [6, 6.07) is 19.1. The first-order valence-electron chi connectivity index (χ1n) is 9.76. The fourth-order valence-corrected chi connectivity index (χ4v) is 3.91. The summed E-state index contributed by atoms with van der Waals surface area (Å²) in [6.45, 7) is 6.48. The Bertz CT molecular complexity index is 1330. The first-order chi connectivity index (χ1) is 13.6. The summed E-state index contributed by atoms with van der Waals surface area (Å²) >= 11 is 0. The molecule has 5 rings (SSSR count). The van der Waals surface area contributed by atoms with E-state index in [9.17, 15) is 0 Å². The molecule has 0 spiro atoms. The van der Waals surface area contributed by atoms with Crippen molar-refractivity contribution >= 4 is 32.8 Å². The van der Waals surface area contributed by atoms with Gasteiger partial charge in [0.25, 0.3) is 0 Å². The molecule has 5 aromatic rings. The average molecular weight is 366 g/mol. The van der Waals surface area contributed by atoms with Gasteiger partial charge in [-0.3, -0.25) is 4.98 Å². The summed E-state index contributed by atoms with van der Waals surface area (Å²) < 4.78 is 6.16. The second-order valence-electron chi connectivity index (χ2n) is 7.94. The Hall–Kier alpha value is -3.20. The number of aryl methyl sites for hydroxylation is 1. The molecule has 138 valence electrons. The van der Waals surface area contributed by atoms with Gasteiger partial charge in [0.1, 0.15) is 5.58 Å². The Kier molecular flexibility index (Phi) is 3.90. The number of para-hydroxylation sites is 1. The Balaban J connectivity index is 1.70. The largest absolute Gasteiger partial charge is 0.437 e. The number of furan rings is 1. The van der Waals surface area contributed by atoms with E-state index in [-0.39, 0.29) is 0 Å². The lowest BCUT2D eigenvalue weighted by Gasteiger charge is -2.08. The zero-order chi connectivity index (χ0) is 19.3. The summed E-state index contributed by atoms with van der Waals surface area (Å²) in [5, 5.41) is 4.49. The number of nitrogens with zero attached hydrogens (tertiary/aromatic N) is 2. The van der Waals surface area contributed by atoms with E-state index in [0.29, 0.717) is 11.6 Å². The summed E-state index contributed by atoms with van der Waals surface area (Å²) in [5.41, 5.74) is 5.78. The van der Waals surface area contributed by atoms with E-state index >= 15 is 0 Å². The van der Waals surface area contributed by atoms with Gasteiger partial charge in [-0.1, -0.05) is 44.2 Å². The fourth-order valence-electron chi connectivity index (χ4n) is 3.91. The van der Waals surface area contributed by atoms with E-state index in [4.69, 9.17) is 9.40 Å². The van der Waals surface area contributed by atoms with E-state index in [1.54, 1.807) is 0 Å². The average Bonchev–Trinajstić information content (AvgIpc) is 3.04. The van der Waals surface area contributed by atoms with E-state index < -0.39 is 0 Å². The van der Waals surface area contributed by atoms with Crippen LogP contribution in [0.3, 0.4) is 0 Å². The van der Waals surface area contributed by atoms with Gasteiger partial charge in [-0.2, -0.15) is 0 Å². The lowest BCUT2D eigenvalue weighted by atomic mass is 9.99. The van der Waals surface area contributed by atoms with Gasteiger partial charge in [0.15, 0.2) is 0 Å². The number of rotatable bonds is 3. The smallest absolute Gasteiger partial charge is 0.227 e. The van der Waals surface area contributed by atoms with Crippen LogP contribution in [0.15, 0.2) is 65.2 Å². The van der Waals surface area contributed by atoms with Crippen molar-refractivity contribution in [2.45, 2.75) is 27.2 Å². The molecule has 0 unspecified atom stereocenters. The van der Waals surface area contributed by atoms with Crippen LogP contribution in [-0.4, -0.2) is 9.97 Å². The fraction of sp³-hybridized carbons (Fsp3) is 0.200. The van der Waals surface area contributed by atoms with Gasteiger partial charge in [-0.25, -0.2) is 4.98 Å². The van der Waals surface area contributed by atoms with E-state index in [1.807, 2.05) is 19.2 Å². The molecule has 0 saturated carbocycles.